The van der Waals surface area contributed by atoms with E-state index in [2.05, 4.69) is 20.5 Å². The van der Waals surface area contributed by atoms with Crippen LogP contribution in [0.2, 0.25) is 0 Å². The van der Waals surface area contributed by atoms with Crippen molar-refractivity contribution < 1.29 is 4.79 Å². The minimum Gasteiger partial charge on any atom is -0.354 e. The Morgan fingerprint density at radius 3 is 2.88 bits per heavy atom. The average molecular weight is 329 g/mol. The zero-order valence-electron chi connectivity index (χ0n) is 13.7. The smallest absolute Gasteiger partial charge is 0.261 e. The Morgan fingerprint density at radius 2 is 2.04 bits per heavy atom. The summed E-state index contributed by atoms with van der Waals surface area (Å²) in [4.78, 5) is 31.0. The van der Waals surface area contributed by atoms with Crippen LogP contribution in [0.15, 0.2) is 35.4 Å². The van der Waals surface area contributed by atoms with Gasteiger partial charge in [-0.15, -0.1) is 0 Å². The first-order valence-corrected chi connectivity index (χ1v) is 8.38. The van der Waals surface area contributed by atoms with Gasteiger partial charge in [0.15, 0.2) is 0 Å². The first-order valence-electron chi connectivity index (χ1n) is 8.38. The van der Waals surface area contributed by atoms with E-state index in [-0.39, 0.29) is 18.0 Å². The minimum absolute atomic E-state index is 0.00427. The number of aromatic nitrogens is 2. The lowest BCUT2D eigenvalue weighted by Crippen LogP contribution is -2.44. The molecule has 2 aromatic rings. The summed E-state index contributed by atoms with van der Waals surface area (Å²) in [6.07, 6.45) is 2.35. The monoisotopic (exact) mass is 329 g/mol. The summed E-state index contributed by atoms with van der Waals surface area (Å²) >= 11 is 0. The standard InChI is InChI=1S/C17H23N5O2/c23-16(19-6-3-9-21-10-7-18-8-11-21)12-22-13-20-15-5-2-1-4-14(15)17(22)24/h1-2,4-5,13,18H,3,6-12H2,(H,19,23). The van der Waals surface area contributed by atoms with E-state index in [1.807, 2.05) is 6.07 Å². The van der Waals surface area contributed by atoms with E-state index in [1.165, 1.54) is 10.9 Å². The molecule has 3 rings (SSSR count). The van der Waals surface area contributed by atoms with Crippen molar-refractivity contribution in [2.24, 2.45) is 0 Å². The summed E-state index contributed by atoms with van der Waals surface area (Å²) in [6.45, 7) is 5.80. The van der Waals surface area contributed by atoms with Gasteiger partial charge in [-0.05, 0) is 25.1 Å². The maximum Gasteiger partial charge on any atom is 0.261 e. The van der Waals surface area contributed by atoms with Gasteiger partial charge in [-0.1, -0.05) is 12.1 Å². The molecule has 0 spiro atoms. The molecule has 1 saturated heterocycles. The van der Waals surface area contributed by atoms with E-state index in [0.29, 0.717) is 17.4 Å². The van der Waals surface area contributed by atoms with Gasteiger partial charge in [0.05, 0.1) is 17.2 Å². The molecule has 1 aliphatic heterocycles. The number of hydrogen-bond donors (Lipinski definition) is 2. The van der Waals surface area contributed by atoms with Crippen LogP contribution in [-0.2, 0) is 11.3 Å². The van der Waals surface area contributed by atoms with E-state index in [0.717, 1.165) is 39.1 Å². The van der Waals surface area contributed by atoms with Gasteiger partial charge < -0.3 is 15.5 Å². The number of rotatable bonds is 6. The molecular weight excluding hydrogens is 306 g/mol. The molecule has 0 bridgehead atoms. The van der Waals surface area contributed by atoms with Crippen molar-refractivity contribution in [2.75, 3.05) is 39.3 Å². The van der Waals surface area contributed by atoms with Crippen molar-refractivity contribution in [3.63, 3.8) is 0 Å². The molecule has 128 valence electrons. The molecule has 7 nitrogen and oxygen atoms in total. The van der Waals surface area contributed by atoms with Gasteiger partial charge in [0, 0.05) is 32.7 Å². The second-order valence-electron chi connectivity index (χ2n) is 5.99. The zero-order chi connectivity index (χ0) is 16.8. The van der Waals surface area contributed by atoms with Crippen LogP contribution in [-0.4, -0.2) is 59.6 Å². The molecule has 24 heavy (non-hydrogen) atoms. The van der Waals surface area contributed by atoms with Gasteiger partial charge in [0.1, 0.15) is 6.54 Å². The lowest BCUT2D eigenvalue weighted by Gasteiger charge is -2.27. The van der Waals surface area contributed by atoms with Crippen LogP contribution in [0, 0.1) is 0 Å². The minimum atomic E-state index is -0.184. The first-order chi connectivity index (χ1) is 11.7. The molecule has 2 N–H and O–H groups in total. The number of nitrogens with one attached hydrogen (secondary N) is 2. The highest BCUT2D eigenvalue weighted by molar-refractivity contribution is 5.78. The predicted molar refractivity (Wildman–Crippen MR) is 92.9 cm³/mol. The van der Waals surface area contributed by atoms with Crippen molar-refractivity contribution >= 4 is 16.8 Å². The zero-order valence-corrected chi connectivity index (χ0v) is 13.7. The highest BCUT2D eigenvalue weighted by Crippen LogP contribution is 2.04. The summed E-state index contributed by atoms with van der Waals surface area (Å²) in [5, 5.41) is 6.73. The Balaban J connectivity index is 1.48. The predicted octanol–water partition coefficient (Wildman–Crippen LogP) is -0.192. The summed E-state index contributed by atoms with van der Waals surface area (Å²) < 4.78 is 1.36. The van der Waals surface area contributed by atoms with Crippen molar-refractivity contribution in [3.8, 4) is 0 Å². The SMILES string of the molecule is O=C(Cn1cnc2ccccc2c1=O)NCCCN1CCNCC1. The third-order valence-corrected chi connectivity index (χ3v) is 4.23. The van der Waals surface area contributed by atoms with Crippen LogP contribution >= 0.6 is 0 Å². The van der Waals surface area contributed by atoms with E-state index in [4.69, 9.17) is 0 Å². The van der Waals surface area contributed by atoms with Crippen molar-refractivity contribution in [1.29, 1.82) is 0 Å². The molecule has 0 aliphatic carbocycles. The topological polar surface area (TPSA) is 79.3 Å². The summed E-state index contributed by atoms with van der Waals surface area (Å²) in [5.41, 5.74) is 0.465. The molecule has 7 heteroatoms. The number of benzene rings is 1. The van der Waals surface area contributed by atoms with Crippen LogP contribution in [0.1, 0.15) is 6.42 Å². The van der Waals surface area contributed by atoms with E-state index < -0.39 is 0 Å². The lowest BCUT2D eigenvalue weighted by atomic mass is 10.2. The number of nitrogens with zero attached hydrogens (tertiary/aromatic N) is 3. The Bertz CT molecular complexity index is 752. The maximum absolute atomic E-state index is 12.3. The van der Waals surface area contributed by atoms with Crippen molar-refractivity contribution in [1.82, 2.24) is 25.1 Å². The number of hydrogen-bond acceptors (Lipinski definition) is 5. The van der Waals surface area contributed by atoms with Crippen LogP contribution < -0.4 is 16.2 Å². The van der Waals surface area contributed by atoms with E-state index in [9.17, 15) is 9.59 Å². The molecule has 1 fully saturated rings. The van der Waals surface area contributed by atoms with Gasteiger partial charge >= 0.3 is 0 Å². The molecule has 0 saturated carbocycles. The molecule has 1 aromatic carbocycles. The average Bonchev–Trinajstić information content (AvgIpc) is 2.62. The summed E-state index contributed by atoms with van der Waals surface area (Å²) in [7, 11) is 0. The van der Waals surface area contributed by atoms with Gasteiger partial charge in [-0.3, -0.25) is 14.2 Å². The Labute approximate surface area is 140 Å². The van der Waals surface area contributed by atoms with Crippen LogP contribution in [0.4, 0.5) is 0 Å². The molecule has 2 heterocycles. The first kappa shape index (κ1) is 16.6. The van der Waals surface area contributed by atoms with Gasteiger partial charge in [-0.25, -0.2) is 4.98 Å². The number of carbonyl (C=O) groups is 1. The molecule has 1 aliphatic rings. The molecular formula is C17H23N5O2. The van der Waals surface area contributed by atoms with Gasteiger partial charge in [0.25, 0.3) is 5.56 Å². The normalized spacial score (nSPS) is 15.5. The second-order valence-corrected chi connectivity index (χ2v) is 5.99. The highest BCUT2D eigenvalue weighted by Gasteiger charge is 2.10. The summed E-state index contributed by atoms with van der Waals surface area (Å²) in [6, 6.07) is 7.15. The fraction of sp³-hybridized carbons (Fsp3) is 0.471. The van der Waals surface area contributed by atoms with Crippen LogP contribution in [0.3, 0.4) is 0 Å². The number of para-hydroxylation sites is 1. The third-order valence-electron chi connectivity index (χ3n) is 4.23. The third kappa shape index (κ3) is 4.18. The molecule has 0 unspecified atom stereocenters. The van der Waals surface area contributed by atoms with E-state index >= 15 is 0 Å². The van der Waals surface area contributed by atoms with E-state index in [1.54, 1.807) is 18.2 Å². The Morgan fingerprint density at radius 1 is 1.25 bits per heavy atom. The fourth-order valence-electron chi connectivity index (χ4n) is 2.89. The van der Waals surface area contributed by atoms with Crippen LogP contribution in [0.25, 0.3) is 10.9 Å². The Kier molecular flexibility index (Phi) is 5.55. The molecule has 1 amide bonds. The number of carbonyl (C=O) groups excluding carboxylic acids is 1. The molecule has 0 atom stereocenters. The molecule has 0 radical (unpaired) electrons. The number of piperazine rings is 1. The lowest BCUT2D eigenvalue weighted by molar-refractivity contribution is -0.121. The number of fused-ring (bicyclic) bond motifs is 1. The Hall–Kier alpha value is -2.25. The second kappa shape index (κ2) is 8.03. The molecule has 1 aromatic heterocycles. The van der Waals surface area contributed by atoms with Crippen molar-refractivity contribution in [3.05, 3.63) is 40.9 Å². The maximum atomic E-state index is 12.3. The fourth-order valence-corrected chi connectivity index (χ4v) is 2.89. The van der Waals surface area contributed by atoms with Crippen molar-refractivity contribution in [2.45, 2.75) is 13.0 Å². The van der Waals surface area contributed by atoms with Gasteiger partial charge in [0.2, 0.25) is 5.91 Å². The van der Waals surface area contributed by atoms with Crippen LogP contribution in [0.5, 0.6) is 0 Å². The largest absolute Gasteiger partial charge is 0.354 e. The summed E-state index contributed by atoms with van der Waals surface area (Å²) in [5.74, 6) is -0.158. The quantitative estimate of drug-likeness (QED) is 0.718. The highest BCUT2D eigenvalue weighted by atomic mass is 16.2. The van der Waals surface area contributed by atoms with Gasteiger partial charge in [-0.2, -0.15) is 0 Å². The number of amides is 1.